The lowest BCUT2D eigenvalue weighted by molar-refractivity contribution is 0.0725. The first-order valence-corrected chi connectivity index (χ1v) is 12.6. The molecule has 1 amide bonds. The van der Waals surface area contributed by atoms with Gasteiger partial charge in [0.2, 0.25) is 0 Å². The summed E-state index contributed by atoms with van der Waals surface area (Å²) in [6.07, 6.45) is 2.26. The Hall–Kier alpha value is -2.38. The van der Waals surface area contributed by atoms with E-state index in [0.29, 0.717) is 31.5 Å². The van der Waals surface area contributed by atoms with Crippen molar-refractivity contribution in [2.45, 2.75) is 36.4 Å². The third-order valence-electron chi connectivity index (χ3n) is 6.41. The van der Waals surface area contributed by atoms with E-state index in [1.54, 1.807) is 12.0 Å². The number of hydrogen-bond donors (Lipinski definition) is 0. The lowest BCUT2D eigenvalue weighted by Crippen LogP contribution is -2.42. The van der Waals surface area contributed by atoms with Gasteiger partial charge in [-0.1, -0.05) is 30.3 Å². The number of nitrogens with zero attached hydrogens (tertiary/aromatic N) is 2. The lowest BCUT2D eigenvalue weighted by atomic mass is 10.1. The number of anilines is 1. The highest BCUT2D eigenvalue weighted by atomic mass is 32.2. The first-order chi connectivity index (χ1) is 15.0. The van der Waals surface area contributed by atoms with Gasteiger partial charge in [0, 0.05) is 44.5 Å². The molecule has 2 fully saturated rings. The van der Waals surface area contributed by atoms with Gasteiger partial charge < -0.3 is 14.5 Å². The first kappa shape index (κ1) is 21.8. The predicted molar refractivity (Wildman–Crippen MR) is 122 cm³/mol. The third kappa shape index (κ3) is 5.10. The number of carbonyl (C=O) groups is 1. The van der Waals surface area contributed by atoms with Gasteiger partial charge in [0.05, 0.1) is 17.1 Å². The number of benzene rings is 2. The molecule has 166 valence electrons. The van der Waals surface area contributed by atoms with Gasteiger partial charge >= 0.3 is 0 Å². The van der Waals surface area contributed by atoms with Crippen molar-refractivity contribution in [1.29, 1.82) is 0 Å². The zero-order valence-electron chi connectivity index (χ0n) is 17.9. The highest BCUT2D eigenvalue weighted by Gasteiger charge is 2.32. The van der Waals surface area contributed by atoms with Crippen LogP contribution in [-0.2, 0) is 20.3 Å². The maximum Gasteiger partial charge on any atom is 0.253 e. The topological polar surface area (TPSA) is 66.9 Å². The van der Waals surface area contributed by atoms with Crippen LogP contribution >= 0.6 is 0 Å². The molecule has 2 aromatic carbocycles. The Morgan fingerprint density at radius 2 is 1.65 bits per heavy atom. The summed E-state index contributed by atoms with van der Waals surface area (Å²) in [7, 11) is -1.48. The Bertz CT molecular complexity index is 984. The summed E-state index contributed by atoms with van der Waals surface area (Å²) in [6.45, 7) is 2.77. The van der Waals surface area contributed by atoms with Crippen molar-refractivity contribution >= 4 is 21.4 Å². The number of hydrogen-bond acceptors (Lipinski definition) is 5. The number of carbonyl (C=O) groups excluding carboxylic acids is 1. The van der Waals surface area contributed by atoms with E-state index in [-0.39, 0.29) is 23.0 Å². The van der Waals surface area contributed by atoms with E-state index >= 15 is 0 Å². The normalized spacial score (nSPS) is 20.2. The zero-order valence-corrected chi connectivity index (χ0v) is 18.8. The van der Waals surface area contributed by atoms with Crippen LogP contribution in [0.4, 0.5) is 5.69 Å². The van der Waals surface area contributed by atoms with E-state index < -0.39 is 9.84 Å². The number of ether oxygens (including phenoxy) is 1. The largest absolute Gasteiger partial charge is 0.380 e. The average Bonchev–Trinajstić information content (AvgIpc) is 3.29. The van der Waals surface area contributed by atoms with Crippen molar-refractivity contribution in [2.75, 3.05) is 38.2 Å². The van der Waals surface area contributed by atoms with E-state index in [1.807, 2.05) is 54.6 Å². The van der Waals surface area contributed by atoms with Crippen molar-refractivity contribution in [1.82, 2.24) is 4.90 Å². The van der Waals surface area contributed by atoms with Crippen LogP contribution in [0, 0.1) is 0 Å². The second kappa shape index (κ2) is 9.40. The number of sulfone groups is 1. The minimum Gasteiger partial charge on any atom is -0.380 e. The molecular formula is C24H30N2O4S. The minimum absolute atomic E-state index is 0.0263. The molecule has 2 saturated heterocycles. The highest BCUT2D eigenvalue weighted by molar-refractivity contribution is 7.91. The van der Waals surface area contributed by atoms with Gasteiger partial charge in [0.25, 0.3) is 5.91 Å². The van der Waals surface area contributed by atoms with E-state index in [2.05, 4.69) is 4.90 Å². The molecule has 1 atom stereocenters. The Labute approximate surface area is 184 Å². The van der Waals surface area contributed by atoms with Crippen molar-refractivity contribution in [3.05, 3.63) is 65.7 Å². The smallest absolute Gasteiger partial charge is 0.253 e. The van der Waals surface area contributed by atoms with Crippen LogP contribution in [0.3, 0.4) is 0 Å². The van der Waals surface area contributed by atoms with Gasteiger partial charge in [-0.15, -0.1) is 0 Å². The van der Waals surface area contributed by atoms with Crippen LogP contribution in [0.2, 0.25) is 0 Å². The number of amides is 1. The molecule has 0 bridgehead atoms. The third-order valence-corrected chi connectivity index (χ3v) is 8.63. The molecule has 2 aromatic rings. The number of piperidine rings is 1. The molecular weight excluding hydrogens is 412 g/mol. The summed E-state index contributed by atoms with van der Waals surface area (Å²) in [5.74, 6) is 0.0376. The minimum atomic E-state index is -3.23. The second-order valence-corrected chi connectivity index (χ2v) is 10.7. The Morgan fingerprint density at radius 3 is 2.26 bits per heavy atom. The molecule has 2 aliphatic rings. The molecule has 0 aliphatic carbocycles. The molecule has 0 saturated carbocycles. The quantitative estimate of drug-likeness (QED) is 0.688. The fourth-order valence-corrected chi connectivity index (χ4v) is 6.32. The fraction of sp³-hybridized carbons (Fsp3) is 0.458. The van der Waals surface area contributed by atoms with Crippen LogP contribution in [0.25, 0.3) is 0 Å². The van der Waals surface area contributed by atoms with Crippen molar-refractivity contribution in [3.63, 3.8) is 0 Å². The highest BCUT2D eigenvalue weighted by Crippen LogP contribution is 2.25. The summed E-state index contributed by atoms with van der Waals surface area (Å²) in [5.41, 5.74) is 2.56. The molecule has 7 heteroatoms. The summed E-state index contributed by atoms with van der Waals surface area (Å²) < 4.78 is 31.0. The Balaban J connectivity index is 1.33. The number of likely N-dealkylation sites (tertiary alicyclic amines) is 1. The maximum atomic E-state index is 12.9. The van der Waals surface area contributed by atoms with Crippen LogP contribution in [0.5, 0.6) is 0 Å². The summed E-state index contributed by atoms with van der Waals surface area (Å²) in [4.78, 5) is 17.0. The molecule has 31 heavy (non-hydrogen) atoms. The molecule has 4 rings (SSSR count). The summed E-state index contributed by atoms with van der Waals surface area (Å²) >= 11 is 0. The van der Waals surface area contributed by atoms with E-state index in [4.69, 9.17) is 4.74 Å². The van der Waals surface area contributed by atoms with Crippen molar-refractivity contribution < 1.29 is 17.9 Å². The van der Waals surface area contributed by atoms with Crippen molar-refractivity contribution in [2.24, 2.45) is 0 Å². The monoisotopic (exact) mass is 442 g/mol. The molecule has 0 radical (unpaired) electrons. The molecule has 0 N–H and O–H groups in total. The van der Waals surface area contributed by atoms with Gasteiger partial charge in [0.15, 0.2) is 9.84 Å². The summed E-state index contributed by atoms with van der Waals surface area (Å²) in [6, 6.07) is 17.0. The predicted octanol–water partition coefficient (Wildman–Crippen LogP) is 3.13. The van der Waals surface area contributed by atoms with Gasteiger partial charge in [-0.2, -0.15) is 0 Å². The van der Waals surface area contributed by atoms with Gasteiger partial charge in [-0.25, -0.2) is 8.42 Å². The fourth-order valence-electron chi connectivity index (χ4n) is 4.49. The average molecular weight is 443 g/mol. The number of methoxy groups -OCH3 is 1. The van der Waals surface area contributed by atoms with Crippen LogP contribution in [-0.4, -0.2) is 63.9 Å². The first-order valence-electron chi connectivity index (χ1n) is 10.9. The summed E-state index contributed by atoms with van der Waals surface area (Å²) in [5, 5.41) is -0.386. The van der Waals surface area contributed by atoms with Crippen molar-refractivity contribution in [3.8, 4) is 0 Å². The van der Waals surface area contributed by atoms with E-state index in [1.165, 1.54) is 0 Å². The molecule has 0 spiro atoms. The Kier molecular flexibility index (Phi) is 6.62. The molecule has 0 unspecified atom stereocenters. The number of rotatable bonds is 6. The maximum absolute atomic E-state index is 12.9. The van der Waals surface area contributed by atoms with Crippen LogP contribution in [0.15, 0.2) is 54.6 Å². The standard InChI is InChI=1S/C24H30N2O4S/c1-30-22-11-14-26(17-22)21-9-7-20(8-10-21)24(27)25-15-12-23(13-16-25)31(28,29)18-19-5-3-2-4-6-19/h2-10,22-23H,11-18H2,1H3/t22-/m1/s1. The van der Waals surface area contributed by atoms with E-state index in [9.17, 15) is 13.2 Å². The molecule has 2 aliphatic heterocycles. The molecule has 6 nitrogen and oxygen atoms in total. The van der Waals surface area contributed by atoms with Gasteiger partial charge in [-0.05, 0) is 49.1 Å². The molecule has 0 aromatic heterocycles. The Morgan fingerprint density at radius 1 is 0.968 bits per heavy atom. The second-order valence-electron chi connectivity index (χ2n) is 8.42. The van der Waals surface area contributed by atoms with E-state index in [0.717, 1.165) is 30.8 Å². The zero-order chi connectivity index (χ0) is 21.8. The lowest BCUT2D eigenvalue weighted by Gasteiger charge is -2.32. The van der Waals surface area contributed by atoms with Crippen LogP contribution < -0.4 is 4.90 Å². The van der Waals surface area contributed by atoms with Gasteiger partial charge in [-0.3, -0.25) is 4.79 Å². The molecule has 2 heterocycles. The van der Waals surface area contributed by atoms with Crippen LogP contribution in [0.1, 0.15) is 35.2 Å². The SMILES string of the molecule is CO[C@@H]1CCN(c2ccc(C(=O)N3CCC(S(=O)(=O)Cc4ccccc4)CC3)cc2)C1. The van der Waals surface area contributed by atoms with Gasteiger partial charge in [0.1, 0.15) is 0 Å².